The summed E-state index contributed by atoms with van der Waals surface area (Å²) >= 11 is 0. The second-order valence-electron chi connectivity index (χ2n) is 3.84. The monoisotopic (exact) mass is 206 g/mol. The average Bonchev–Trinajstić information content (AvgIpc) is 2.63. The summed E-state index contributed by atoms with van der Waals surface area (Å²) in [5, 5.41) is 3.39. The predicted molar refractivity (Wildman–Crippen MR) is 62.5 cm³/mol. The molecule has 0 radical (unpaired) electrons. The lowest BCUT2D eigenvalue weighted by Gasteiger charge is -2.10. The van der Waals surface area contributed by atoms with Crippen molar-refractivity contribution < 1.29 is 4.74 Å². The quantitative estimate of drug-likeness (QED) is 0.791. The van der Waals surface area contributed by atoms with Crippen molar-refractivity contribution in [1.82, 2.24) is 0 Å². The molecule has 1 aromatic rings. The summed E-state index contributed by atoms with van der Waals surface area (Å²) in [7, 11) is 0. The Morgan fingerprint density at radius 2 is 2.40 bits per heavy atom. The summed E-state index contributed by atoms with van der Waals surface area (Å²) in [5.41, 5.74) is 8.19. The van der Waals surface area contributed by atoms with Crippen molar-refractivity contribution in [3.05, 3.63) is 23.8 Å². The highest BCUT2D eigenvalue weighted by atomic mass is 16.5. The standard InChI is InChI=1S/C12H18N2O/c1-2-15-10-3-4-12-11(7-10)9(5-6-13)8-14-12/h3-4,7,9,14H,2,5-6,8,13H2,1H3. The van der Waals surface area contributed by atoms with E-state index in [4.69, 9.17) is 10.5 Å². The molecule has 0 saturated carbocycles. The van der Waals surface area contributed by atoms with E-state index in [-0.39, 0.29) is 0 Å². The van der Waals surface area contributed by atoms with Crippen molar-refractivity contribution in [3.63, 3.8) is 0 Å². The summed E-state index contributed by atoms with van der Waals surface area (Å²) in [5.74, 6) is 1.51. The highest BCUT2D eigenvalue weighted by Gasteiger charge is 2.21. The summed E-state index contributed by atoms with van der Waals surface area (Å²) < 4.78 is 5.50. The van der Waals surface area contributed by atoms with E-state index in [0.29, 0.717) is 12.5 Å². The molecule has 3 N–H and O–H groups in total. The Morgan fingerprint density at radius 1 is 1.53 bits per heavy atom. The lowest BCUT2D eigenvalue weighted by molar-refractivity contribution is 0.340. The van der Waals surface area contributed by atoms with Gasteiger partial charge in [0.25, 0.3) is 0 Å². The third kappa shape index (κ3) is 2.07. The molecule has 1 unspecified atom stereocenters. The molecule has 2 rings (SSSR count). The van der Waals surface area contributed by atoms with E-state index in [1.54, 1.807) is 0 Å². The maximum atomic E-state index is 5.60. The molecule has 15 heavy (non-hydrogen) atoms. The SMILES string of the molecule is CCOc1ccc2c(c1)C(CCN)CN2. The van der Waals surface area contributed by atoms with E-state index in [9.17, 15) is 0 Å². The first-order valence-corrected chi connectivity index (χ1v) is 5.55. The van der Waals surface area contributed by atoms with Gasteiger partial charge in [0.15, 0.2) is 0 Å². The Morgan fingerprint density at radius 3 is 3.13 bits per heavy atom. The molecule has 0 amide bonds. The Labute approximate surface area is 90.6 Å². The molecule has 1 aromatic carbocycles. The van der Waals surface area contributed by atoms with Crippen LogP contribution in [0.3, 0.4) is 0 Å². The lowest BCUT2D eigenvalue weighted by atomic mass is 9.98. The van der Waals surface area contributed by atoms with E-state index in [2.05, 4.69) is 17.4 Å². The Hall–Kier alpha value is -1.22. The van der Waals surface area contributed by atoms with Crippen LogP contribution in [0.5, 0.6) is 5.75 Å². The molecule has 82 valence electrons. The van der Waals surface area contributed by atoms with Gasteiger partial charge < -0.3 is 15.8 Å². The van der Waals surface area contributed by atoms with E-state index in [0.717, 1.165) is 25.3 Å². The van der Waals surface area contributed by atoms with Crippen LogP contribution >= 0.6 is 0 Å². The molecule has 3 heteroatoms. The third-order valence-electron chi connectivity index (χ3n) is 2.83. The van der Waals surface area contributed by atoms with Crippen molar-refractivity contribution in [2.24, 2.45) is 5.73 Å². The topological polar surface area (TPSA) is 47.3 Å². The van der Waals surface area contributed by atoms with Crippen LogP contribution in [0.2, 0.25) is 0 Å². The van der Waals surface area contributed by atoms with Gasteiger partial charge in [-0.2, -0.15) is 0 Å². The molecule has 1 aliphatic rings. The van der Waals surface area contributed by atoms with Crippen LogP contribution in [0, 0.1) is 0 Å². The normalized spacial score (nSPS) is 18.4. The van der Waals surface area contributed by atoms with Crippen molar-refractivity contribution in [2.75, 3.05) is 25.0 Å². The van der Waals surface area contributed by atoms with Gasteiger partial charge in [-0.25, -0.2) is 0 Å². The van der Waals surface area contributed by atoms with Gasteiger partial charge in [-0.1, -0.05) is 0 Å². The lowest BCUT2D eigenvalue weighted by Crippen LogP contribution is -2.08. The van der Waals surface area contributed by atoms with Crippen LogP contribution in [-0.2, 0) is 0 Å². The molecule has 0 saturated heterocycles. The van der Waals surface area contributed by atoms with Crippen LogP contribution in [0.25, 0.3) is 0 Å². The maximum Gasteiger partial charge on any atom is 0.119 e. The van der Waals surface area contributed by atoms with Crippen LogP contribution in [-0.4, -0.2) is 19.7 Å². The fourth-order valence-corrected chi connectivity index (χ4v) is 2.10. The number of fused-ring (bicyclic) bond motifs is 1. The number of hydrogen-bond donors (Lipinski definition) is 2. The molecule has 3 nitrogen and oxygen atoms in total. The van der Waals surface area contributed by atoms with Crippen molar-refractivity contribution in [1.29, 1.82) is 0 Å². The molecule has 1 aliphatic heterocycles. The predicted octanol–water partition coefficient (Wildman–Crippen LogP) is 1.94. The Balaban J connectivity index is 2.21. The highest BCUT2D eigenvalue weighted by Crippen LogP contribution is 2.35. The fraction of sp³-hybridized carbons (Fsp3) is 0.500. The maximum absolute atomic E-state index is 5.60. The van der Waals surface area contributed by atoms with Crippen LogP contribution in [0.1, 0.15) is 24.8 Å². The van der Waals surface area contributed by atoms with Crippen LogP contribution in [0.15, 0.2) is 18.2 Å². The van der Waals surface area contributed by atoms with E-state index in [1.165, 1.54) is 11.3 Å². The molecule has 1 atom stereocenters. The van der Waals surface area contributed by atoms with Crippen molar-refractivity contribution in [3.8, 4) is 5.75 Å². The zero-order chi connectivity index (χ0) is 10.7. The fourth-order valence-electron chi connectivity index (χ4n) is 2.10. The van der Waals surface area contributed by atoms with Crippen molar-refractivity contribution in [2.45, 2.75) is 19.3 Å². The number of nitrogens with one attached hydrogen (secondary N) is 1. The third-order valence-corrected chi connectivity index (χ3v) is 2.83. The first-order valence-electron chi connectivity index (χ1n) is 5.55. The van der Waals surface area contributed by atoms with Gasteiger partial charge in [0.05, 0.1) is 6.61 Å². The minimum atomic E-state index is 0.547. The Bertz CT molecular complexity index is 336. The van der Waals surface area contributed by atoms with Gasteiger partial charge in [0.2, 0.25) is 0 Å². The van der Waals surface area contributed by atoms with Gasteiger partial charge >= 0.3 is 0 Å². The average molecular weight is 206 g/mol. The van der Waals surface area contributed by atoms with Gasteiger partial charge in [-0.3, -0.25) is 0 Å². The molecule has 1 heterocycles. The molecular formula is C12H18N2O. The van der Waals surface area contributed by atoms with Gasteiger partial charge in [0, 0.05) is 18.2 Å². The van der Waals surface area contributed by atoms with Crippen LogP contribution in [0.4, 0.5) is 5.69 Å². The van der Waals surface area contributed by atoms with E-state index in [1.807, 2.05) is 13.0 Å². The Kier molecular flexibility index (Phi) is 3.11. The second-order valence-corrected chi connectivity index (χ2v) is 3.84. The number of benzene rings is 1. The molecule has 0 aliphatic carbocycles. The smallest absolute Gasteiger partial charge is 0.119 e. The first kappa shape index (κ1) is 10.3. The molecule has 0 aromatic heterocycles. The second kappa shape index (κ2) is 4.53. The minimum Gasteiger partial charge on any atom is -0.494 e. The zero-order valence-electron chi connectivity index (χ0n) is 9.12. The summed E-state index contributed by atoms with van der Waals surface area (Å²) in [6.45, 7) is 4.46. The zero-order valence-corrected chi connectivity index (χ0v) is 9.12. The summed E-state index contributed by atoms with van der Waals surface area (Å²) in [6, 6.07) is 6.25. The molecule has 0 spiro atoms. The summed E-state index contributed by atoms with van der Waals surface area (Å²) in [6.07, 6.45) is 1.04. The number of ether oxygens (including phenoxy) is 1. The van der Waals surface area contributed by atoms with Gasteiger partial charge in [-0.05, 0) is 43.7 Å². The van der Waals surface area contributed by atoms with Gasteiger partial charge in [0.1, 0.15) is 5.75 Å². The minimum absolute atomic E-state index is 0.547. The number of anilines is 1. The number of hydrogen-bond acceptors (Lipinski definition) is 3. The number of rotatable bonds is 4. The number of nitrogens with two attached hydrogens (primary N) is 1. The van der Waals surface area contributed by atoms with Crippen molar-refractivity contribution >= 4 is 5.69 Å². The summed E-state index contributed by atoms with van der Waals surface area (Å²) in [4.78, 5) is 0. The largest absolute Gasteiger partial charge is 0.494 e. The molecule has 0 bridgehead atoms. The van der Waals surface area contributed by atoms with Gasteiger partial charge in [-0.15, -0.1) is 0 Å². The first-order chi connectivity index (χ1) is 7.35. The van der Waals surface area contributed by atoms with Crippen LogP contribution < -0.4 is 15.8 Å². The molecular weight excluding hydrogens is 188 g/mol. The highest BCUT2D eigenvalue weighted by molar-refractivity contribution is 5.60. The van der Waals surface area contributed by atoms with E-state index >= 15 is 0 Å². The molecule has 0 fully saturated rings. The van der Waals surface area contributed by atoms with E-state index < -0.39 is 0 Å².